The van der Waals surface area contributed by atoms with Crippen molar-refractivity contribution in [1.29, 1.82) is 0 Å². The summed E-state index contributed by atoms with van der Waals surface area (Å²) in [4.78, 5) is 7.46. The van der Waals surface area contributed by atoms with Crippen molar-refractivity contribution in [2.24, 2.45) is 0 Å². The Bertz CT molecular complexity index is 655. The standard InChI is InChI=1S/C13H12F4N4/c1-7-3-4-8(5-9(7)13(15,16)17)20-11-10(14)6-19-12(18-2)21-11/h3-6H,1-2H3,(H2,18,19,20,21). The van der Waals surface area contributed by atoms with Gasteiger partial charge in [-0.2, -0.15) is 18.2 Å². The third kappa shape index (κ3) is 3.39. The fourth-order valence-electron chi connectivity index (χ4n) is 1.72. The molecular formula is C13H12F4N4. The molecule has 0 unspecified atom stereocenters. The van der Waals surface area contributed by atoms with E-state index in [1.165, 1.54) is 19.1 Å². The van der Waals surface area contributed by atoms with Gasteiger partial charge in [0.25, 0.3) is 0 Å². The highest BCUT2D eigenvalue weighted by Gasteiger charge is 2.32. The number of hydrogen-bond acceptors (Lipinski definition) is 4. The molecule has 112 valence electrons. The second-order valence-corrected chi connectivity index (χ2v) is 4.29. The van der Waals surface area contributed by atoms with Crippen LogP contribution in [0.15, 0.2) is 24.4 Å². The molecule has 1 aromatic carbocycles. The average Bonchev–Trinajstić information content (AvgIpc) is 2.42. The van der Waals surface area contributed by atoms with Gasteiger partial charge in [0, 0.05) is 12.7 Å². The number of rotatable bonds is 3. The SMILES string of the molecule is CNc1ncc(F)c(Nc2ccc(C)c(C(F)(F)F)c2)n1. The maximum Gasteiger partial charge on any atom is 0.416 e. The average molecular weight is 300 g/mol. The Labute approximate surface area is 118 Å². The van der Waals surface area contributed by atoms with Crippen LogP contribution < -0.4 is 10.6 Å². The van der Waals surface area contributed by atoms with Crippen molar-refractivity contribution in [3.05, 3.63) is 41.3 Å². The van der Waals surface area contributed by atoms with E-state index < -0.39 is 17.6 Å². The molecule has 0 atom stereocenters. The lowest BCUT2D eigenvalue weighted by Gasteiger charge is -2.13. The molecule has 2 rings (SSSR count). The summed E-state index contributed by atoms with van der Waals surface area (Å²) in [7, 11) is 1.55. The third-order valence-corrected chi connectivity index (χ3v) is 2.77. The minimum Gasteiger partial charge on any atom is -0.357 e. The van der Waals surface area contributed by atoms with Crippen molar-refractivity contribution in [2.75, 3.05) is 17.7 Å². The Balaban J connectivity index is 2.36. The predicted molar refractivity (Wildman–Crippen MR) is 71.0 cm³/mol. The van der Waals surface area contributed by atoms with Crippen LogP contribution in [-0.4, -0.2) is 17.0 Å². The quantitative estimate of drug-likeness (QED) is 0.848. The van der Waals surface area contributed by atoms with Crippen molar-refractivity contribution >= 4 is 17.5 Å². The van der Waals surface area contributed by atoms with Gasteiger partial charge >= 0.3 is 6.18 Å². The largest absolute Gasteiger partial charge is 0.416 e. The van der Waals surface area contributed by atoms with Gasteiger partial charge < -0.3 is 10.6 Å². The van der Waals surface area contributed by atoms with E-state index in [4.69, 9.17) is 0 Å². The molecule has 0 aliphatic heterocycles. The van der Waals surface area contributed by atoms with Gasteiger partial charge in [0.2, 0.25) is 5.95 Å². The van der Waals surface area contributed by atoms with Gasteiger partial charge in [-0.25, -0.2) is 9.37 Å². The zero-order chi connectivity index (χ0) is 15.6. The minimum absolute atomic E-state index is 0.0899. The Morgan fingerprint density at radius 2 is 1.90 bits per heavy atom. The molecule has 8 heteroatoms. The summed E-state index contributed by atoms with van der Waals surface area (Å²) in [6.45, 7) is 1.36. The molecule has 0 saturated carbocycles. The van der Waals surface area contributed by atoms with Crippen LogP contribution in [0.3, 0.4) is 0 Å². The minimum atomic E-state index is -4.47. The lowest BCUT2D eigenvalue weighted by Crippen LogP contribution is -2.09. The highest BCUT2D eigenvalue weighted by Crippen LogP contribution is 2.34. The maximum atomic E-state index is 13.6. The Morgan fingerprint density at radius 1 is 1.19 bits per heavy atom. The second kappa shape index (κ2) is 5.55. The molecule has 0 saturated heterocycles. The summed E-state index contributed by atoms with van der Waals surface area (Å²) in [6.07, 6.45) is -3.54. The van der Waals surface area contributed by atoms with E-state index in [2.05, 4.69) is 20.6 Å². The molecule has 0 aliphatic rings. The van der Waals surface area contributed by atoms with Crippen molar-refractivity contribution < 1.29 is 17.6 Å². The van der Waals surface area contributed by atoms with Crippen LogP contribution in [0.1, 0.15) is 11.1 Å². The first-order chi connectivity index (χ1) is 9.81. The monoisotopic (exact) mass is 300 g/mol. The second-order valence-electron chi connectivity index (χ2n) is 4.29. The van der Waals surface area contributed by atoms with Gasteiger partial charge in [-0.1, -0.05) is 6.07 Å². The summed E-state index contributed by atoms with van der Waals surface area (Å²) in [5, 5.41) is 5.14. The highest BCUT2D eigenvalue weighted by atomic mass is 19.4. The van der Waals surface area contributed by atoms with E-state index in [0.717, 1.165) is 12.3 Å². The highest BCUT2D eigenvalue weighted by molar-refractivity contribution is 5.59. The summed E-state index contributed by atoms with van der Waals surface area (Å²) in [6, 6.07) is 3.64. The molecule has 0 fully saturated rings. The number of halogens is 4. The molecule has 21 heavy (non-hydrogen) atoms. The Hall–Kier alpha value is -2.38. The van der Waals surface area contributed by atoms with Gasteiger partial charge in [-0.3, -0.25) is 0 Å². The number of alkyl halides is 3. The number of aryl methyl sites for hydroxylation is 1. The number of benzene rings is 1. The van der Waals surface area contributed by atoms with Gasteiger partial charge in [0.1, 0.15) is 0 Å². The summed E-state index contributed by atoms with van der Waals surface area (Å²) >= 11 is 0. The van der Waals surface area contributed by atoms with Crippen LogP contribution in [0.4, 0.5) is 35.0 Å². The van der Waals surface area contributed by atoms with Crippen LogP contribution >= 0.6 is 0 Å². The zero-order valence-corrected chi connectivity index (χ0v) is 11.2. The van der Waals surface area contributed by atoms with Crippen LogP contribution in [0, 0.1) is 12.7 Å². The molecule has 0 aliphatic carbocycles. The predicted octanol–water partition coefficient (Wildman–Crippen LogP) is 3.73. The normalized spacial score (nSPS) is 11.3. The van der Waals surface area contributed by atoms with E-state index in [9.17, 15) is 17.6 Å². The summed E-state index contributed by atoms with van der Waals surface area (Å²) in [5.74, 6) is -0.809. The third-order valence-electron chi connectivity index (χ3n) is 2.77. The molecule has 0 bridgehead atoms. The molecule has 1 heterocycles. The number of aromatic nitrogens is 2. The number of hydrogen-bond donors (Lipinski definition) is 2. The van der Waals surface area contributed by atoms with Gasteiger partial charge in [-0.15, -0.1) is 0 Å². The molecule has 0 amide bonds. The molecule has 1 aromatic heterocycles. The van der Waals surface area contributed by atoms with E-state index in [1.54, 1.807) is 7.05 Å². The number of anilines is 3. The van der Waals surface area contributed by atoms with Crippen molar-refractivity contribution in [1.82, 2.24) is 9.97 Å². The lowest BCUT2D eigenvalue weighted by atomic mass is 10.1. The van der Waals surface area contributed by atoms with Gasteiger partial charge in [0.05, 0.1) is 11.8 Å². The first-order valence-electron chi connectivity index (χ1n) is 5.96. The number of nitrogens with one attached hydrogen (secondary N) is 2. The summed E-state index contributed by atoms with van der Waals surface area (Å²) in [5.41, 5.74) is -0.601. The van der Waals surface area contributed by atoms with E-state index >= 15 is 0 Å². The van der Waals surface area contributed by atoms with E-state index in [-0.39, 0.29) is 23.0 Å². The summed E-state index contributed by atoms with van der Waals surface area (Å²) < 4.78 is 52.1. The molecule has 0 spiro atoms. The first kappa shape index (κ1) is 15.0. The zero-order valence-electron chi connectivity index (χ0n) is 11.2. The molecule has 2 N–H and O–H groups in total. The first-order valence-corrected chi connectivity index (χ1v) is 5.96. The molecule has 0 radical (unpaired) electrons. The van der Waals surface area contributed by atoms with E-state index in [1.807, 2.05) is 0 Å². The van der Waals surface area contributed by atoms with E-state index in [0.29, 0.717) is 0 Å². The van der Waals surface area contributed by atoms with Crippen molar-refractivity contribution in [3.8, 4) is 0 Å². The van der Waals surface area contributed by atoms with Gasteiger partial charge in [0.15, 0.2) is 11.6 Å². The van der Waals surface area contributed by atoms with Crippen LogP contribution in [0.2, 0.25) is 0 Å². The molecule has 2 aromatic rings. The smallest absolute Gasteiger partial charge is 0.357 e. The van der Waals surface area contributed by atoms with Crippen molar-refractivity contribution in [2.45, 2.75) is 13.1 Å². The van der Waals surface area contributed by atoms with Crippen molar-refractivity contribution in [3.63, 3.8) is 0 Å². The van der Waals surface area contributed by atoms with Crippen LogP contribution in [0.25, 0.3) is 0 Å². The van der Waals surface area contributed by atoms with Gasteiger partial charge in [-0.05, 0) is 24.6 Å². The van der Waals surface area contributed by atoms with Crippen LogP contribution in [0.5, 0.6) is 0 Å². The lowest BCUT2D eigenvalue weighted by molar-refractivity contribution is -0.138. The Kier molecular flexibility index (Phi) is 3.97. The fraction of sp³-hybridized carbons (Fsp3) is 0.231. The Morgan fingerprint density at radius 3 is 2.52 bits per heavy atom. The topological polar surface area (TPSA) is 49.8 Å². The number of nitrogens with zero attached hydrogens (tertiary/aromatic N) is 2. The van der Waals surface area contributed by atoms with Crippen LogP contribution in [-0.2, 0) is 6.18 Å². The molecular weight excluding hydrogens is 288 g/mol. The molecule has 4 nitrogen and oxygen atoms in total. The maximum absolute atomic E-state index is 13.6. The fourth-order valence-corrected chi connectivity index (χ4v) is 1.72.